The van der Waals surface area contributed by atoms with Gasteiger partial charge in [0.2, 0.25) is 0 Å². The van der Waals surface area contributed by atoms with Crippen LogP contribution in [0.5, 0.6) is 0 Å². The summed E-state index contributed by atoms with van der Waals surface area (Å²) in [6.07, 6.45) is 3.97. The Bertz CT molecular complexity index is 516. The van der Waals surface area contributed by atoms with E-state index in [1.54, 1.807) is 24.5 Å². The number of hydrogen-bond donors (Lipinski definition) is 2. The standard InChI is InChI=1S/C15H21NO4S/c1-21(20)11-12-6-5-7-13(10-12)15(19)16-9-4-2-3-8-14(17)18/h5-7,10H,2-4,8-9,11H2,1H3,(H,16,19)(H,17,18). The van der Waals surface area contributed by atoms with Crippen LogP contribution < -0.4 is 5.32 Å². The minimum Gasteiger partial charge on any atom is -0.481 e. The number of carboxylic acids is 1. The van der Waals surface area contributed by atoms with Crippen molar-refractivity contribution in [3.63, 3.8) is 0 Å². The van der Waals surface area contributed by atoms with Gasteiger partial charge < -0.3 is 10.4 Å². The van der Waals surface area contributed by atoms with Gasteiger partial charge in [0.1, 0.15) is 0 Å². The van der Waals surface area contributed by atoms with Crippen molar-refractivity contribution in [2.75, 3.05) is 12.8 Å². The minimum absolute atomic E-state index is 0.156. The van der Waals surface area contributed by atoms with Gasteiger partial charge in [-0.3, -0.25) is 13.8 Å². The zero-order valence-electron chi connectivity index (χ0n) is 12.1. The van der Waals surface area contributed by atoms with E-state index in [1.165, 1.54) is 0 Å². The van der Waals surface area contributed by atoms with E-state index in [9.17, 15) is 13.8 Å². The quantitative estimate of drug-likeness (QED) is 0.683. The lowest BCUT2D eigenvalue weighted by Gasteiger charge is -2.06. The Morgan fingerprint density at radius 3 is 2.67 bits per heavy atom. The van der Waals surface area contributed by atoms with Crippen LogP contribution in [0.15, 0.2) is 24.3 Å². The molecule has 0 aliphatic heterocycles. The molecular weight excluding hydrogens is 290 g/mol. The predicted molar refractivity (Wildman–Crippen MR) is 82.6 cm³/mol. The molecule has 0 saturated carbocycles. The van der Waals surface area contributed by atoms with Crippen molar-refractivity contribution in [2.45, 2.75) is 31.4 Å². The Morgan fingerprint density at radius 1 is 1.24 bits per heavy atom. The van der Waals surface area contributed by atoms with E-state index in [-0.39, 0.29) is 12.3 Å². The molecule has 0 aliphatic rings. The number of benzene rings is 1. The molecular formula is C15H21NO4S. The summed E-state index contributed by atoms with van der Waals surface area (Å²) in [7, 11) is -0.931. The third-order valence-electron chi connectivity index (χ3n) is 2.91. The number of carboxylic acid groups (broad SMARTS) is 1. The highest BCUT2D eigenvalue weighted by Gasteiger charge is 2.06. The van der Waals surface area contributed by atoms with Crippen LogP contribution in [0.4, 0.5) is 0 Å². The molecule has 0 heterocycles. The van der Waals surface area contributed by atoms with Gasteiger partial charge in [0.25, 0.3) is 5.91 Å². The Balaban J connectivity index is 2.35. The first-order valence-corrected chi connectivity index (χ1v) is 8.60. The molecule has 21 heavy (non-hydrogen) atoms. The van der Waals surface area contributed by atoms with Crippen LogP contribution in [0, 0.1) is 0 Å². The third-order valence-corrected chi connectivity index (χ3v) is 3.65. The number of carbonyl (C=O) groups excluding carboxylic acids is 1. The van der Waals surface area contributed by atoms with E-state index < -0.39 is 16.8 Å². The summed E-state index contributed by atoms with van der Waals surface area (Å²) >= 11 is 0. The molecule has 0 saturated heterocycles. The second-order valence-corrected chi connectivity index (χ2v) is 6.31. The molecule has 0 radical (unpaired) electrons. The predicted octanol–water partition coefficient (Wildman–Crippen LogP) is 1.94. The Kier molecular flexibility index (Phi) is 7.68. The first-order chi connectivity index (χ1) is 9.99. The summed E-state index contributed by atoms with van der Waals surface area (Å²) in [6, 6.07) is 7.11. The highest BCUT2D eigenvalue weighted by atomic mass is 32.2. The van der Waals surface area contributed by atoms with Crippen LogP contribution >= 0.6 is 0 Å². The Hall–Kier alpha value is -1.69. The molecule has 5 nitrogen and oxygen atoms in total. The lowest BCUT2D eigenvalue weighted by molar-refractivity contribution is -0.137. The van der Waals surface area contributed by atoms with E-state index in [0.717, 1.165) is 18.4 Å². The number of amides is 1. The zero-order chi connectivity index (χ0) is 15.7. The third kappa shape index (κ3) is 7.60. The first-order valence-electron chi connectivity index (χ1n) is 6.88. The number of nitrogens with one attached hydrogen (secondary N) is 1. The van der Waals surface area contributed by atoms with E-state index in [4.69, 9.17) is 5.11 Å². The van der Waals surface area contributed by atoms with Crippen molar-refractivity contribution in [1.82, 2.24) is 5.32 Å². The topological polar surface area (TPSA) is 83.5 Å². The average molecular weight is 311 g/mol. The Labute approximate surface area is 127 Å². The van der Waals surface area contributed by atoms with Gasteiger partial charge in [-0.1, -0.05) is 18.6 Å². The lowest BCUT2D eigenvalue weighted by atomic mass is 10.1. The van der Waals surface area contributed by atoms with Crippen LogP contribution in [-0.4, -0.2) is 34.0 Å². The summed E-state index contributed by atoms with van der Waals surface area (Å²) in [5.41, 5.74) is 1.44. The molecule has 6 heteroatoms. The maximum Gasteiger partial charge on any atom is 0.303 e. The van der Waals surface area contributed by atoms with Crippen LogP contribution in [0.2, 0.25) is 0 Å². The second kappa shape index (κ2) is 9.28. The van der Waals surface area contributed by atoms with Gasteiger partial charge in [-0.2, -0.15) is 0 Å². The van der Waals surface area contributed by atoms with Gasteiger partial charge in [0.15, 0.2) is 0 Å². The molecule has 0 aromatic heterocycles. The monoisotopic (exact) mass is 311 g/mol. The fourth-order valence-electron chi connectivity index (χ4n) is 1.92. The number of carbonyl (C=O) groups is 2. The van der Waals surface area contributed by atoms with Crippen LogP contribution in [0.1, 0.15) is 41.6 Å². The highest BCUT2D eigenvalue weighted by molar-refractivity contribution is 7.83. The molecule has 1 unspecified atom stereocenters. The van der Waals surface area contributed by atoms with E-state index in [1.807, 2.05) is 6.07 Å². The highest BCUT2D eigenvalue weighted by Crippen LogP contribution is 2.07. The maximum absolute atomic E-state index is 11.9. The second-order valence-electron chi connectivity index (χ2n) is 4.88. The van der Waals surface area contributed by atoms with Gasteiger partial charge >= 0.3 is 5.97 Å². The molecule has 0 bridgehead atoms. The number of unbranched alkanes of at least 4 members (excludes halogenated alkanes) is 2. The smallest absolute Gasteiger partial charge is 0.303 e. The molecule has 0 aliphatic carbocycles. The zero-order valence-corrected chi connectivity index (χ0v) is 12.9. The lowest BCUT2D eigenvalue weighted by Crippen LogP contribution is -2.24. The summed E-state index contributed by atoms with van der Waals surface area (Å²) < 4.78 is 11.2. The van der Waals surface area contributed by atoms with E-state index >= 15 is 0 Å². The maximum atomic E-state index is 11.9. The summed E-state index contributed by atoms with van der Waals surface area (Å²) in [5, 5.41) is 11.3. The number of rotatable bonds is 9. The van der Waals surface area contributed by atoms with Gasteiger partial charge in [-0.25, -0.2) is 0 Å². The van der Waals surface area contributed by atoms with Gasteiger partial charge in [-0.15, -0.1) is 0 Å². The molecule has 1 rings (SSSR count). The van der Waals surface area contributed by atoms with Crippen LogP contribution in [-0.2, 0) is 21.3 Å². The molecule has 0 fully saturated rings. The fourth-order valence-corrected chi connectivity index (χ4v) is 2.57. The van der Waals surface area contributed by atoms with E-state index in [2.05, 4.69) is 5.32 Å². The summed E-state index contributed by atoms with van der Waals surface area (Å²) in [6.45, 7) is 0.530. The normalized spacial score (nSPS) is 11.9. The van der Waals surface area contributed by atoms with Gasteiger partial charge in [-0.05, 0) is 30.5 Å². The summed E-state index contributed by atoms with van der Waals surface area (Å²) in [4.78, 5) is 22.3. The van der Waals surface area contributed by atoms with E-state index in [0.29, 0.717) is 24.3 Å². The molecule has 1 aromatic carbocycles. The number of hydrogen-bond acceptors (Lipinski definition) is 3. The SMILES string of the molecule is CS(=O)Cc1cccc(C(=O)NCCCCCC(=O)O)c1. The molecule has 1 amide bonds. The van der Waals surface area contributed by atoms with Gasteiger partial charge in [0, 0.05) is 41.3 Å². The molecule has 0 spiro atoms. The molecule has 2 N–H and O–H groups in total. The van der Waals surface area contributed by atoms with Crippen molar-refractivity contribution in [2.24, 2.45) is 0 Å². The minimum atomic E-state index is -0.931. The van der Waals surface area contributed by atoms with Crippen molar-refractivity contribution in [3.8, 4) is 0 Å². The van der Waals surface area contributed by atoms with Crippen molar-refractivity contribution < 1.29 is 18.9 Å². The van der Waals surface area contributed by atoms with Gasteiger partial charge in [0.05, 0.1) is 0 Å². The fraction of sp³-hybridized carbons (Fsp3) is 0.467. The first kappa shape index (κ1) is 17.4. The van der Waals surface area contributed by atoms with Crippen molar-refractivity contribution >= 4 is 22.7 Å². The van der Waals surface area contributed by atoms with Crippen molar-refractivity contribution in [3.05, 3.63) is 35.4 Å². The van der Waals surface area contributed by atoms with Crippen molar-refractivity contribution in [1.29, 1.82) is 0 Å². The van der Waals surface area contributed by atoms with Crippen LogP contribution in [0.25, 0.3) is 0 Å². The Morgan fingerprint density at radius 2 is 2.00 bits per heavy atom. The number of aliphatic carboxylic acids is 1. The summed E-state index contributed by atoms with van der Waals surface area (Å²) in [5.74, 6) is -0.503. The molecule has 1 aromatic rings. The largest absolute Gasteiger partial charge is 0.481 e. The molecule has 116 valence electrons. The van der Waals surface area contributed by atoms with Crippen LogP contribution in [0.3, 0.4) is 0 Å². The average Bonchev–Trinajstić information content (AvgIpc) is 2.41. The molecule has 1 atom stereocenters.